The number of rotatable bonds is 2. The summed E-state index contributed by atoms with van der Waals surface area (Å²) in [6.45, 7) is 8.57. The number of allylic oxidation sites excluding steroid dienone is 3. The van der Waals surface area contributed by atoms with E-state index >= 15 is 0 Å². The van der Waals surface area contributed by atoms with Gasteiger partial charge in [0, 0.05) is 13.3 Å². The molecule has 0 bridgehead atoms. The van der Waals surface area contributed by atoms with Crippen molar-refractivity contribution >= 4 is 12.3 Å². The molecule has 0 N–H and O–H groups in total. The fourth-order valence-corrected chi connectivity index (χ4v) is 7.02. The highest BCUT2D eigenvalue weighted by Gasteiger charge is 2.57. The van der Waals surface area contributed by atoms with E-state index in [1.165, 1.54) is 30.9 Å². The summed E-state index contributed by atoms with van der Waals surface area (Å²) in [6, 6.07) is 0. The Bertz CT molecular complexity index is 702. The molecule has 0 aromatic carbocycles. The van der Waals surface area contributed by atoms with Crippen molar-refractivity contribution in [2.24, 2.45) is 28.6 Å². The summed E-state index contributed by atoms with van der Waals surface area (Å²) in [5.74, 6) is 1.84. The van der Waals surface area contributed by atoms with E-state index in [2.05, 4.69) is 26.8 Å². The highest BCUT2D eigenvalue weighted by molar-refractivity contribution is 5.76. The van der Waals surface area contributed by atoms with Crippen molar-refractivity contribution in [3.05, 3.63) is 22.8 Å². The molecular weight excluding hydrogens is 324 g/mol. The van der Waals surface area contributed by atoms with Gasteiger partial charge >= 0.3 is 5.97 Å². The van der Waals surface area contributed by atoms with E-state index in [1.54, 1.807) is 0 Å². The topological polar surface area (TPSA) is 43.4 Å². The van der Waals surface area contributed by atoms with Crippen LogP contribution in [0.15, 0.2) is 22.8 Å². The van der Waals surface area contributed by atoms with Crippen LogP contribution >= 0.6 is 0 Å². The maximum Gasteiger partial charge on any atom is 0.302 e. The van der Waals surface area contributed by atoms with Crippen molar-refractivity contribution in [1.82, 2.24) is 0 Å². The minimum Gasteiger partial charge on any atom is -0.462 e. The second kappa shape index (κ2) is 6.07. The number of hydrogen-bond acceptors (Lipinski definition) is 3. The molecule has 4 aliphatic carbocycles. The summed E-state index contributed by atoms with van der Waals surface area (Å²) in [5.41, 5.74) is 4.41. The number of ether oxygens (including phenoxy) is 1. The molecule has 4 aliphatic rings. The predicted octanol–water partition coefficient (Wildman–Crippen LogP) is 5.01. The van der Waals surface area contributed by atoms with E-state index in [0.29, 0.717) is 17.8 Å². The van der Waals surface area contributed by atoms with Gasteiger partial charge in [0.15, 0.2) is 0 Å². The lowest BCUT2D eigenvalue weighted by atomic mass is 9.47. The maximum atomic E-state index is 11.6. The Kier molecular flexibility index (Phi) is 4.20. The Hall–Kier alpha value is -1.38. The molecule has 0 saturated heterocycles. The lowest BCUT2D eigenvalue weighted by molar-refractivity contribution is -0.148. The molecule has 0 amide bonds. The zero-order valence-electron chi connectivity index (χ0n) is 16.6. The Morgan fingerprint density at radius 2 is 1.88 bits per heavy atom. The van der Waals surface area contributed by atoms with Crippen molar-refractivity contribution in [1.29, 1.82) is 0 Å². The van der Waals surface area contributed by atoms with Gasteiger partial charge in [0.25, 0.3) is 0 Å². The van der Waals surface area contributed by atoms with Gasteiger partial charge in [0.2, 0.25) is 0 Å². The molecule has 4 unspecified atom stereocenters. The third-order valence-electron chi connectivity index (χ3n) is 8.70. The summed E-state index contributed by atoms with van der Waals surface area (Å²) in [7, 11) is 0. The molecule has 26 heavy (non-hydrogen) atoms. The molecule has 3 nitrogen and oxygen atoms in total. The van der Waals surface area contributed by atoms with Crippen molar-refractivity contribution in [2.45, 2.75) is 78.7 Å². The minimum absolute atomic E-state index is 0.0642. The van der Waals surface area contributed by atoms with Gasteiger partial charge in [-0.2, -0.15) is 0 Å². The molecule has 6 atom stereocenters. The SMILES string of the molecule is CC(=O)O[C@H]1CC[C@@]2(C)C(=CCC3C4CC(C=O)=C(C)C4(C)CCC32)C1. The van der Waals surface area contributed by atoms with Crippen LogP contribution < -0.4 is 0 Å². The fourth-order valence-electron chi connectivity index (χ4n) is 7.02. The zero-order chi connectivity index (χ0) is 18.7. The standard InChI is InChI=1S/C23H32O3/c1-14-16(13-24)11-21-19-6-5-17-12-18(26-15(2)25)7-9-23(17,4)20(19)8-10-22(14,21)3/h5,13,18-21H,6-12H2,1-4H3/t18-,19?,20?,21?,22?,23-/m0/s1. The molecule has 2 saturated carbocycles. The Morgan fingerprint density at radius 1 is 1.15 bits per heavy atom. The predicted molar refractivity (Wildman–Crippen MR) is 101 cm³/mol. The largest absolute Gasteiger partial charge is 0.462 e. The molecule has 0 aromatic rings. The Balaban J connectivity index is 1.61. The highest BCUT2D eigenvalue weighted by Crippen LogP contribution is 2.65. The van der Waals surface area contributed by atoms with Crippen LogP contribution in [0.4, 0.5) is 0 Å². The number of hydrogen-bond donors (Lipinski definition) is 0. The molecule has 0 aliphatic heterocycles. The molecule has 0 spiro atoms. The van der Waals surface area contributed by atoms with Crippen LogP contribution in [0.3, 0.4) is 0 Å². The van der Waals surface area contributed by atoms with Crippen LogP contribution in [-0.2, 0) is 14.3 Å². The van der Waals surface area contributed by atoms with E-state index in [1.807, 2.05) is 0 Å². The summed E-state index contributed by atoms with van der Waals surface area (Å²) >= 11 is 0. The summed E-state index contributed by atoms with van der Waals surface area (Å²) in [5, 5.41) is 0. The van der Waals surface area contributed by atoms with E-state index in [0.717, 1.165) is 44.0 Å². The van der Waals surface area contributed by atoms with Crippen molar-refractivity contribution in [2.75, 3.05) is 0 Å². The average Bonchev–Trinajstić information content (AvgIpc) is 2.86. The third-order valence-corrected chi connectivity index (χ3v) is 8.70. The summed E-state index contributed by atoms with van der Waals surface area (Å²) in [6.07, 6.45) is 11.2. The lowest BCUT2D eigenvalue weighted by Gasteiger charge is -2.57. The summed E-state index contributed by atoms with van der Waals surface area (Å²) < 4.78 is 5.52. The van der Waals surface area contributed by atoms with Gasteiger partial charge < -0.3 is 4.74 Å². The fraction of sp³-hybridized carbons (Fsp3) is 0.739. The normalized spacial score (nSPS) is 44.5. The molecule has 4 rings (SSSR count). The first-order valence-electron chi connectivity index (χ1n) is 10.3. The minimum atomic E-state index is -0.157. The second-order valence-electron chi connectivity index (χ2n) is 9.66. The monoisotopic (exact) mass is 356 g/mol. The number of aldehydes is 1. The van der Waals surface area contributed by atoms with Crippen LogP contribution in [0.5, 0.6) is 0 Å². The van der Waals surface area contributed by atoms with E-state index in [4.69, 9.17) is 4.74 Å². The van der Waals surface area contributed by atoms with Crippen molar-refractivity contribution in [3.63, 3.8) is 0 Å². The van der Waals surface area contributed by atoms with E-state index < -0.39 is 0 Å². The zero-order valence-corrected chi connectivity index (χ0v) is 16.6. The first kappa shape index (κ1) is 18.0. The number of carbonyl (C=O) groups is 2. The van der Waals surface area contributed by atoms with Gasteiger partial charge in [0.05, 0.1) is 0 Å². The average molecular weight is 357 g/mol. The molecule has 142 valence electrons. The first-order chi connectivity index (χ1) is 12.3. The molecule has 2 fully saturated rings. The molecule has 0 aromatic heterocycles. The van der Waals surface area contributed by atoms with Gasteiger partial charge in [-0.1, -0.05) is 31.1 Å². The molecular formula is C23H32O3. The van der Waals surface area contributed by atoms with Gasteiger partial charge in [-0.15, -0.1) is 0 Å². The summed E-state index contributed by atoms with van der Waals surface area (Å²) in [4.78, 5) is 22.9. The van der Waals surface area contributed by atoms with Crippen LogP contribution in [0, 0.1) is 28.6 Å². The van der Waals surface area contributed by atoms with Gasteiger partial charge in [-0.05, 0) is 79.6 Å². The first-order valence-corrected chi connectivity index (χ1v) is 10.3. The lowest BCUT2D eigenvalue weighted by Crippen LogP contribution is -2.50. The van der Waals surface area contributed by atoms with Gasteiger partial charge in [-0.25, -0.2) is 0 Å². The van der Waals surface area contributed by atoms with Crippen LogP contribution in [-0.4, -0.2) is 18.4 Å². The maximum absolute atomic E-state index is 11.6. The molecule has 0 radical (unpaired) electrons. The third kappa shape index (κ3) is 2.46. The second-order valence-corrected chi connectivity index (χ2v) is 9.66. The smallest absolute Gasteiger partial charge is 0.302 e. The highest BCUT2D eigenvalue weighted by atomic mass is 16.5. The van der Waals surface area contributed by atoms with Crippen molar-refractivity contribution < 1.29 is 14.3 Å². The van der Waals surface area contributed by atoms with E-state index in [-0.39, 0.29) is 22.9 Å². The van der Waals surface area contributed by atoms with Gasteiger partial charge in [-0.3, -0.25) is 9.59 Å². The Labute approximate surface area is 157 Å². The number of esters is 1. The number of fused-ring (bicyclic) bond motifs is 5. The van der Waals surface area contributed by atoms with Crippen LogP contribution in [0.1, 0.15) is 72.6 Å². The molecule has 0 heterocycles. The van der Waals surface area contributed by atoms with Crippen LogP contribution in [0.2, 0.25) is 0 Å². The van der Waals surface area contributed by atoms with Crippen LogP contribution in [0.25, 0.3) is 0 Å². The van der Waals surface area contributed by atoms with E-state index in [9.17, 15) is 9.59 Å². The van der Waals surface area contributed by atoms with Gasteiger partial charge in [0.1, 0.15) is 12.4 Å². The quantitative estimate of drug-likeness (QED) is 0.397. The molecule has 3 heteroatoms. The number of carbonyl (C=O) groups excluding carboxylic acids is 2. The van der Waals surface area contributed by atoms with Crippen molar-refractivity contribution in [3.8, 4) is 0 Å². The Morgan fingerprint density at radius 3 is 2.58 bits per heavy atom.